The summed E-state index contributed by atoms with van der Waals surface area (Å²) < 4.78 is 1.00. The van der Waals surface area contributed by atoms with Gasteiger partial charge in [-0.05, 0) is 34.5 Å². The molecule has 0 amide bonds. The average Bonchev–Trinajstić information content (AvgIpc) is 2.97. The number of hydrogen-bond donors (Lipinski definition) is 2. The summed E-state index contributed by atoms with van der Waals surface area (Å²) in [6.45, 7) is 0. The molecule has 0 unspecified atom stereocenters. The van der Waals surface area contributed by atoms with E-state index in [1.54, 1.807) is 6.07 Å². The molecular formula is C12H12N3O+. The van der Waals surface area contributed by atoms with Crippen molar-refractivity contribution < 1.29 is 9.94 Å². The molecule has 1 fully saturated rings. The number of hydrogen-bond acceptors (Lipinski definition) is 2. The van der Waals surface area contributed by atoms with Crippen LogP contribution in [0.15, 0.2) is 12.3 Å². The molecule has 2 aromatic heterocycles. The third-order valence-corrected chi connectivity index (χ3v) is 2.94. The molecule has 3 rings (SSSR count). The van der Waals surface area contributed by atoms with Crippen LogP contribution in [0.4, 0.5) is 0 Å². The van der Waals surface area contributed by atoms with Crippen molar-refractivity contribution in [2.45, 2.75) is 19.3 Å². The van der Waals surface area contributed by atoms with E-state index in [0.29, 0.717) is 5.65 Å². The Morgan fingerprint density at radius 1 is 1.62 bits per heavy atom. The molecule has 1 saturated carbocycles. The molecule has 2 heterocycles. The van der Waals surface area contributed by atoms with E-state index in [0.717, 1.165) is 34.0 Å². The summed E-state index contributed by atoms with van der Waals surface area (Å²) in [4.78, 5) is 7.56. The molecule has 0 radical (unpaired) electrons. The van der Waals surface area contributed by atoms with Crippen LogP contribution >= 0.6 is 0 Å². The Hall–Kier alpha value is -2.02. The van der Waals surface area contributed by atoms with E-state index in [2.05, 4.69) is 15.9 Å². The lowest BCUT2D eigenvalue weighted by Gasteiger charge is -1.90. The first kappa shape index (κ1) is 9.22. The van der Waals surface area contributed by atoms with Crippen molar-refractivity contribution in [1.82, 2.24) is 9.97 Å². The number of terminal acetylenes is 1. The second kappa shape index (κ2) is 3.24. The Labute approximate surface area is 92.9 Å². The fourth-order valence-corrected chi connectivity index (χ4v) is 1.88. The quantitative estimate of drug-likeness (QED) is 0.445. The fraction of sp³-hybridized carbons (Fsp3) is 0.333. The van der Waals surface area contributed by atoms with Crippen molar-refractivity contribution in [3.63, 3.8) is 0 Å². The molecular weight excluding hydrogens is 202 g/mol. The Balaban J connectivity index is 2.14. The number of pyridine rings is 1. The number of nitrogens with one attached hydrogen (secondary N) is 1. The Morgan fingerprint density at radius 3 is 3.12 bits per heavy atom. The summed E-state index contributed by atoms with van der Waals surface area (Å²) in [7, 11) is 0. The smallest absolute Gasteiger partial charge is 0.350 e. The van der Waals surface area contributed by atoms with Gasteiger partial charge in [-0.15, -0.1) is 6.42 Å². The van der Waals surface area contributed by atoms with Crippen LogP contribution in [0.1, 0.15) is 24.2 Å². The summed E-state index contributed by atoms with van der Waals surface area (Å²) >= 11 is 0. The number of imidazole rings is 1. The Bertz CT molecular complexity index is 590. The first-order chi connectivity index (χ1) is 7.78. The summed E-state index contributed by atoms with van der Waals surface area (Å²) in [6.07, 6.45) is 10.4. The van der Waals surface area contributed by atoms with Crippen LogP contribution in [-0.4, -0.2) is 15.2 Å². The Morgan fingerprint density at radius 2 is 2.44 bits per heavy atom. The van der Waals surface area contributed by atoms with E-state index in [1.807, 2.05) is 0 Å². The van der Waals surface area contributed by atoms with Gasteiger partial charge in [0.15, 0.2) is 5.52 Å². The van der Waals surface area contributed by atoms with Gasteiger partial charge in [-0.3, -0.25) is 0 Å². The van der Waals surface area contributed by atoms with Crippen molar-refractivity contribution in [3.05, 3.63) is 23.7 Å². The normalized spacial score (nSPS) is 15.2. The van der Waals surface area contributed by atoms with Gasteiger partial charge in [0.05, 0.1) is 5.56 Å². The van der Waals surface area contributed by atoms with E-state index in [9.17, 15) is 5.21 Å². The molecule has 4 heteroatoms. The molecule has 1 aliphatic rings. The number of nitrogens with zero attached hydrogens (tertiary/aromatic N) is 2. The minimum atomic E-state index is 0.506. The summed E-state index contributed by atoms with van der Waals surface area (Å²) in [6, 6.07) is 1.70. The molecule has 0 bridgehead atoms. The first-order valence-electron chi connectivity index (χ1n) is 5.37. The number of aromatic amines is 1. The molecule has 0 spiro atoms. The monoisotopic (exact) mass is 214 g/mol. The van der Waals surface area contributed by atoms with Gasteiger partial charge in [0.25, 0.3) is 0 Å². The van der Waals surface area contributed by atoms with Crippen LogP contribution in [0, 0.1) is 18.3 Å². The standard InChI is InChI=1S/C12H11N3O/c1-2-9-5-6-15(16)12-11(9)13-10(14-12)7-8-3-4-8/h1,5-6,8,16H,3-4,7H2/p+1. The molecule has 0 aliphatic heterocycles. The van der Waals surface area contributed by atoms with Crippen LogP contribution in [0.5, 0.6) is 0 Å². The van der Waals surface area contributed by atoms with Gasteiger partial charge in [0.2, 0.25) is 5.82 Å². The zero-order valence-corrected chi connectivity index (χ0v) is 8.77. The molecule has 80 valence electrons. The fourth-order valence-electron chi connectivity index (χ4n) is 1.88. The van der Waals surface area contributed by atoms with Gasteiger partial charge < -0.3 is 10.2 Å². The molecule has 0 aromatic carbocycles. The van der Waals surface area contributed by atoms with Gasteiger partial charge in [-0.2, -0.15) is 0 Å². The number of H-pyrrole nitrogens is 1. The molecule has 2 N–H and O–H groups in total. The van der Waals surface area contributed by atoms with Gasteiger partial charge >= 0.3 is 5.65 Å². The summed E-state index contributed by atoms with van der Waals surface area (Å²) in [5.41, 5.74) is 1.98. The van der Waals surface area contributed by atoms with Crippen LogP contribution in [0.3, 0.4) is 0 Å². The molecule has 4 nitrogen and oxygen atoms in total. The predicted octanol–water partition coefficient (Wildman–Crippen LogP) is 1.02. The molecule has 0 saturated heterocycles. The number of aromatic nitrogens is 3. The highest BCUT2D eigenvalue weighted by Crippen LogP contribution is 2.32. The lowest BCUT2D eigenvalue weighted by Crippen LogP contribution is -2.30. The third kappa shape index (κ3) is 1.41. The van der Waals surface area contributed by atoms with Crippen LogP contribution in [-0.2, 0) is 6.42 Å². The number of rotatable bonds is 2. The zero-order valence-electron chi connectivity index (χ0n) is 8.77. The molecule has 0 atom stereocenters. The second-order valence-electron chi connectivity index (χ2n) is 4.25. The molecule has 1 aliphatic carbocycles. The Kier molecular flexibility index (Phi) is 1.87. The minimum absolute atomic E-state index is 0.506. The lowest BCUT2D eigenvalue weighted by atomic mass is 10.2. The highest BCUT2D eigenvalue weighted by atomic mass is 16.5. The SMILES string of the molecule is C#Cc1cc[n+](O)c2nc(CC3CC3)[nH]c12. The summed E-state index contributed by atoms with van der Waals surface area (Å²) in [5, 5.41) is 9.62. The maximum absolute atomic E-state index is 9.62. The van der Waals surface area contributed by atoms with E-state index < -0.39 is 0 Å². The van der Waals surface area contributed by atoms with Crippen molar-refractivity contribution in [1.29, 1.82) is 0 Å². The highest BCUT2D eigenvalue weighted by Gasteiger charge is 2.27. The largest absolute Gasteiger partial charge is 0.388 e. The topological polar surface area (TPSA) is 52.8 Å². The minimum Gasteiger partial charge on any atom is -0.350 e. The lowest BCUT2D eigenvalue weighted by molar-refractivity contribution is -0.885. The first-order valence-corrected chi connectivity index (χ1v) is 5.37. The van der Waals surface area contributed by atoms with Gasteiger partial charge in [0.1, 0.15) is 6.20 Å². The molecule has 16 heavy (non-hydrogen) atoms. The highest BCUT2D eigenvalue weighted by molar-refractivity contribution is 5.75. The van der Waals surface area contributed by atoms with Crippen LogP contribution in [0.25, 0.3) is 11.2 Å². The molecule has 2 aromatic rings. The third-order valence-electron chi connectivity index (χ3n) is 2.94. The van der Waals surface area contributed by atoms with Gasteiger partial charge in [-0.25, -0.2) is 0 Å². The maximum Gasteiger partial charge on any atom is 0.388 e. The number of fused-ring (bicyclic) bond motifs is 1. The van der Waals surface area contributed by atoms with E-state index in [4.69, 9.17) is 6.42 Å². The van der Waals surface area contributed by atoms with Crippen LogP contribution < -0.4 is 4.73 Å². The van der Waals surface area contributed by atoms with Gasteiger partial charge in [0, 0.05) is 6.42 Å². The predicted molar refractivity (Wildman–Crippen MR) is 57.8 cm³/mol. The van der Waals surface area contributed by atoms with Crippen molar-refractivity contribution >= 4 is 11.2 Å². The van der Waals surface area contributed by atoms with Gasteiger partial charge in [-0.1, -0.05) is 5.92 Å². The van der Waals surface area contributed by atoms with E-state index in [-0.39, 0.29) is 0 Å². The zero-order chi connectivity index (χ0) is 11.1. The van der Waals surface area contributed by atoms with Crippen LogP contribution in [0.2, 0.25) is 0 Å². The maximum atomic E-state index is 9.62. The van der Waals surface area contributed by atoms with E-state index in [1.165, 1.54) is 19.0 Å². The second-order valence-corrected chi connectivity index (χ2v) is 4.25. The van der Waals surface area contributed by atoms with E-state index >= 15 is 0 Å². The van der Waals surface area contributed by atoms with Crippen molar-refractivity contribution in [2.24, 2.45) is 5.92 Å². The van der Waals surface area contributed by atoms with Crippen molar-refractivity contribution in [3.8, 4) is 12.3 Å². The average molecular weight is 214 g/mol. The van der Waals surface area contributed by atoms with Crippen molar-refractivity contribution in [2.75, 3.05) is 0 Å². The summed E-state index contributed by atoms with van der Waals surface area (Å²) in [5.74, 6) is 4.24.